The maximum Gasteiger partial charge on any atom is 0.330 e. The quantitative estimate of drug-likeness (QED) is 0.331. The molecule has 6 heteroatoms. The minimum Gasteiger partial charge on any atom is -0.481 e. The molecule has 0 aliphatic heterocycles. The largest absolute Gasteiger partial charge is 0.481 e. The fourth-order valence-electron chi connectivity index (χ4n) is 2.01. The Kier molecular flexibility index (Phi) is 16.8. The van der Waals surface area contributed by atoms with Crippen LogP contribution in [0.4, 0.5) is 0 Å². The highest BCUT2D eigenvalue weighted by atomic mass is 16.4. The summed E-state index contributed by atoms with van der Waals surface area (Å²) in [5.74, 6) is -2.12. The molecule has 6 nitrogen and oxygen atoms in total. The van der Waals surface area contributed by atoms with E-state index in [4.69, 9.17) is 15.3 Å². The summed E-state index contributed by atoms with van der Waals surface area (Å²) >= 11 is 0. The molecular formula is C19H32O6. The number of carbonyl (C=O) groups is 3. The normalized spacial score (nSPS) is 10.4. The lowest BCUT2D eigenvalue weighted by Gasteiger charge is -2.01. The van der Waals surface area contributed by atoms with E-state index in [9.17, 15) is 14.4 Å². The summed E-state index contributed by atoms with van der Waals surface area (Å²) in [6, 6.07) is 0. The zero-order valence-electron chi connectivity index (χ0n) is 15.4. The van der Waals surface area contributed by atoms with Crippen LogP contribution in [0.2, 0.25) is 0 Å². The molecule has 0 unspecified atom stereocenters. The molecular weight excluding hydrogens is 324 g/mol. The molecule has 0 rings (SSSR count). The summed E-state index contributed by atoms with van der Waals surface area (Å²) in [6.45, 7) is 7.33. The summed E-state index contributed by atoms with van der Waals surface area (Å²) in [5.41, 5.74) is 0.296. The van der Waals surface area contributed by atoms with Gasteiger partial charge < -0.3 is 15.3 Å². The van der Waals surface area contributed by atoms with E-state index in [1.807, 2.05) is 13.8 Å². The number of hydrogen-bond donors (Lipinski definition) is 3. The van der Waals surface area contributed by atoms with Gasteiger partial charge in [0.05, 0.1) is 0 Å². The highest BCUT2D eigenvalue weighted by molar-refractivity contribution is 5.85. The van der Waals surface area contributed by atoms with Crippen molar-refractivity contribution in [3.05, 3.63) is 24.3 Å². The van der Waals surface area contributed by atoms with Crippen molar-refractivity contribution in [1.29, 1.82) is 0 Å². The predicted molar refractivity (Wildman–Crippen MR) is 97.6 cm³/mol. The van der Waals surface area contributed by atoms with E-state index < -0.39 is 17.9 Å². The molecule has 0 atom stereocenters. The summed E-state index contributed by atoms with van der Waals surface area (Å²) in [6.07, 6.45) is 10.5. The van der Waals surface area contributed by atoms with E-state index in [2.05, 4.69) is 6.58 Å². The lowest BCUT2D eigenvalue weighted by atomic mass is 10.1. The van der Waals surface area contributed by atoms with Crippen molar-refractivity contribution >= 4 is 17.9 Å². The first-order valence-corrected chi connectivity index (χ1v) is 8.69. The Balaban J connectivity index is 0. The van der Waals surface area contributed by atoms with Crippen LogP contribution in [0.3, 0.4) is 0 Å². The zero-order valence-corrected chi connectivity index (χ0v) is 15.4. The SMILES string of the molecule is C=C(CC(C)C)C(=O)O.O=C(O)/C=C/CCCCCCCCC(=O)O. The Morgan fingerprint density at radius 1 is 0.920 bits per heavy atom. The van der Waals surface area contributed by atoms with Crippen molar-refractivity contribution in [2.45, 2.75) is 71.6 Å². The molecule has 0 bridgehead atoms. The van der Waals surface area contributed by atoms with Crippen molar-refractivity contribution < 1.29 is 29.7 Å². The van der Waals surface area contributed by atoms with E-state index in [0.29, 0.717) is 17.9 Å². The van der Waals surface area contributed by atoms with Gasteiger partial charge in [0.25, 0.3) is 0 Å². The molecule has 0 amide bonds. The van der Waals surface area contributed by atoms with Crippen LogP contribution in [0.15, 0.2) is 24.3 Å². The number of allylic oxidation sites excluding steroid dienone is 1. The van der Waals surface area contributed by atoms with Gasteiger partial charge in [-0.05, 0) is 31.6 Å². The van der Waals surface area contributed by atoms with Crippen LogP contribution in [0.25, 0.3) is 0 Å². The van der Waals surface area contributed by atoms with Crippen molar-refractivity contribution in [2.24, 2.45) is 5.92 Å². The molecule has 144 valence electrons. The van der Waals surface area contributed by atoms with Gasteiger partial charge >= 0.3 is 17.9 Å². The Labute approximate surface area is 150 Å². The highest BCUT2D eigenvalue weighted by Gasteiger charge is 2.04. The molecule has 25 heavy (non-hydrogen) atoms. The van der Waals surface area contributed by atoms with Crippen molar-refractivity contribution in [3.63, 3.8) is 0 Å². The maximum absolute atomic E-state index is 10.2. The van der Waals surface area contributed by atoms with Crippen LogP contribution in [-0.2, 0) is 14.4 Å². The summed E-state index contributed by atoms with van der Waals surface area (Å²) in [5, 5.41) is 25.1. The third-order valence-electron chi connectivity index (χ3n) is 3.23. The van der Waals surface area contributed by atoms with E-state index >= 15 is 0 Å². The number of rotatable bonds is 13. The predicted octanol–water partition coefficient (Wildman–Crippen LogP) is 4.51. The number of carboxylic acids is 3. The molecule has 0 heterocycles. The van der Waals surface area contributed by atoms with Gasteiger partial charge in [-0.15, -0.1) is 0 Å². The molecule has 0 aliphatic rings. The van der Waals surface area contributed by atoms with Crippen LogP contribution in [-0.4, -0.2) is 33.2 Å². The Morgan fingerprint density at radius 3 is 1.84 bits per heavy atom. The van der Waals surface area contributed by atoms with E-state index in [-0.39, 0.29) is 6.42 Å². The third-order valence-corrected chi connectivity index (χ3v) is 3.23. The van der Waals surface area contributed by atoms with Gasteiger partial charge in [0, 0.05) is 18.1 Å². The first-order valence-electron chi connectivity index (χ1n) is 8.69. The third kappa shape index (κ3) is 24.3. The van der Waals surface area contributed by atoms with Gasteiger partial charge in [0.1, 0.15) is 0 Å². The number of aliphatic carboxylic acids is 3. The molecule has 0 aromatic carbocycles. The summed E-state index contributed by atoms with van der Waals surface area (Å²) < 4.78 is 0. The van der Waals surface area contributed by atoms with Crippen molar-refractivity contribution in [1.82, 2.24) is 0 Å². The van der Waals surface area contributed by atoms with Gasteiger partial charge in [-0.3, -0.25) is 4.79 Å². The molecule has 0 fully saturated rings. The van der Waals surface area contributed by atoms with E-state index in [1.165, 1.54) is 6.08 Å². The lowest BCUT2D eigenvalue weighted by molar-refractivity contribution is -0.137. The second-order valence-corrected chi connectivity index (χ2v) is 6.30. The van der Waals surface area contributed by atoms with Gasteiger partial charge in [-0.2, -0.15) is 0 Å². The van der Waals surface area contributed by atoms with Gasteiger partial charge in [0.2, 0.25) is 0 Å². The fourth-order valence-corrected chi connectivity index (χ4v) is 2.01. The maximum atomic E-state index is 10.2. The average Bonchev–Trinajstić information content (AvgIpc) is 2.48. The first kappa shape index (κ1) is 25.1. The molecule has 0 spiro atoms. The summed E-state index contributed by atoms with van der Waals surface area (Å²) in [4.78, 5) is 30.5. The second kappa shape index (κ2) is 16.7. The van der Waals surface area contributed by atoms with Crippen molar-refractivity contribution in [2.75, 3.05) is 0 Å². The molecule has 0 radical (unpaired) electrons. The van der Waals surface area contributed by atoms with Crippen LogP contribution in [0.1, 0.15) is 71.6 Å². The van der Waals surface area contributed by atoms with Crippen LogP contribution < -0.4 is 0 Å². The number of unbranched alkanes of at least 4 members (excludes halogenated alkanes) is 6. The minimum atomic E-state index is -0.895. The lowest BCUT2D eigenvalue weighted by Crippen LogP contribution is -2.01. The van der Waals surface area contributed by atoms with Gasteiger partial charge in [0.15, 0.2) is 0 Å². The monoisotopic (exact) mass is 356 g/mol. The molecule has 0 aromatic rings. The van der Waals surface area contributed by atoms with Crippen LogP contribution in [0.5, 0.6) is 0 Å². The van der Waals surface area contributed by atoms with E-state index in [1.54, 1.807) is 6.08 Å². The molecule has 0 aliphatic carbocycles. The Morgan fingerprint density at radius 2 is 1.44 bits per heavy atom. The van der Waals surface area contributed by atoms with Gasteiger partial charge in [-0.1, -0.05) is 52.2 Å². The van der Waals surface area contributed by atoms with Crippen LogP contribution >= 0.6 is 0 Å². The molecule has 0 aromatic heterocycles. The highest BCUT2D eigenvalue weighted by Crippen LogP contribution is 2.09. The summed E-state index contributed by atoms with van der Waals surface area (Å²) in [7, 11) is 0. The standard InChI is InChI=1S/C12H20O4.C7H12O2/c13-11(14)9-7-5-3-1-2-4-6-8-10-12(15)16;1-5(2)4-6(3)7(8)9/h7,9H,1-6,8,10H2,(H,13,14)(H,15,16);5H,3-4H2,1-2H3,(H,8,9)/b9-7+;. The molecule has 0 saturated heterocycles. The van der Waals surface area contributed by atoms with Crippen molar-refractivity contribution in [3.8, 4) is 0 Å². The Hall–Kier alpha value is -2.11. The fraction of sp³-hybridized carbons (Fsp3) is 0.632. The molecule has 0 saturated carbocycles. The zero-order chi connectivity index (χ0) is 19.7. The Bertz CT molecular complexity index is 437. The number of hydrogen-bond acceptors (Lipinski definition) is 3. The van der Waals surface area contributed by atoms with Gasteiger partial charge in [-0.25, -0.2) is 9.59 Å². The number of carboxylic acid groups (broad SMARTS) is 3. The second-order valence-electron chi connectivity index (χ2n) is 6.30. The minimum absolute atomic E-state index is 0.265. The smallest absolute Gasteiger partial charge is 0.330 e. The molecule has 3 N–H and O–H groups in total. The van der Waals surface area contributed by atoms with E-state index in [0.717, 1.165) is 44.9 Å². The topological polar surface area (TPSA) is 112 Å². The average molecular weight is 356 g/mol. The first-order chi connectivity index (χ1) is 11.7. The van der Waals surface area contributed by atoms with Crippen LogP contribution in [0, 0.1) is 5.92 Å².